The number of rotatable bonds is 4. The van der Waals surface area contributed by atoms with Gasteiger partial charge in [-0.3, -0.25) is 9.48 Å². The van der Waals surface area contributed by atoms with E-state index in [1.54, 1.807) is 16.9 Å². The van der Waals surface area contributed by atoms with Crippen molar-refractivity contribution in [3.05, 3.63) is 42.7 Å². The van der Waals surface area contributed by atoms with E-state index in [-0.39, 0.29) is 18.6 Å². The lowest BCUT2D eigenvalue weighted by Gasteiger charge is -2.26. The van der Waals surface area contributed by atoms with E-state index >= 15 is 0 Å². The van der Waals surface area contributed by atoms with Gasteiger partial charge >= 0.3 is 0 Å². The first kappa shape index (κ1) is 13.5. The van der Waals surface area contributed by atoms with Gasteiger partial charge in [0.15, 0.2) is 11.5 Å². The summed E-state index contributed by atoms with van der Waals surface area (Å²) in [7, 11) is 0. The summed E-state index contributed by atoms with van der Waals surface area (Å²) in [6, 6.07) is 9.14. The Hall–Kier alpha value is -2.50. The largest absolute Gasteiger partial charge is 0.485 e. The number of ether oxygens (including phenoxy) is 2. The highest BCUT2D eigenvalue weighted by atomic mass is 16.6. The molecule has 21 heavy (non-hydrogen) atoms. The van der Waals surface area contributed by atoms with E-state index in [0.29, 0.717) is 18.0 Å². The van der Waals surface area contributed by atoms with Crippen molar-refractivity contribution in [2.45, 2.75) is 25.6 Å². The highest BCUT2D eigenvalue weighted by Gasteiger charge is 2.27. The third kappa shape index (κ3) is 3.16. The number of amides is 1. The molecule has 0 spiro atoms. The van der Waals surface area contributed by atoms with Gasteiger partial charge in [-0.25, -0.2) is 0 Å². The van der Waals surface area contributed by atoms with Crippen molar-refractivity contribution in [2.24, 2.45) is 0 Å². The van der Waals surface area contributed by atoms with Crippen LogP contribution in [-0.2, 0) is 11.3 Å². The minimum absolute atomic E-state index is 0.0434. The maximum atomic E-state index is 12.2. The first-order valence-electron chi connectivity index (χ1n) is 6.88. The molecule has 1 aliphatic rings. The molecule has 1 aromatic carbocycles. The standard InChI is InChI=1S/C15H17N3O3/c1-11(9-18-8-4-7-16-18)17-15(19)14-10-20-12-5-2-3-6-13(12)21-14/h2-8,11,14H,9-10H2,1H3,(H,17,19)/t11-,14-/m1/s1. The molecule has 1 N–H and O–H groups in total. The van der Waals surface area contributed by atoms with Crippen LogP contribution >= 0.6 is 0 Å². The molecule has 0 fully saturated rings. The molecule has 2 aromatic rings. The van der Waals surface area contributed by atoms with Crippen molar-refractivity contribution in [2.75, 3.05) is 6.61 Å². The van der Waals surface area contributed by atoms with Crippen molar-refractivity contribution in [1.82, 2.24) is 15.1 Å². The third-order valence-electron chi connectivity index (χ3n) is 3.21. The summed E-state index contributed by atoms with van der Waals surface area (Å²) >= 11 is 0. The summed E-state index contributed by atoms with van der Waals surface area (Å²) in [4.78, 5) is 12.2. The molecule has 6 nitrogen and oxygen atoms in total. The van der Waals surface area contributed by atoms with Crippen molar-refractivity contribution in [1.29, 1.82) is 0 Å². The monoisotopic (exact) mass is 287 g/mol. The Morgan fingerprint density at radius 1 is 1.43 bits per heavy atom. The van der Waals surface area contributed by atoms with Crippen LogP contribution in [0.25, 0.3) is 0 Å². The van der Waals surface area contributed by atoms with Gasteiger partial charge in [0.1, 0.15) is 6.61 Å². The summed E-state index contributed by atoms with van der Waals surface area (Å²) in [6.07, 6.45) is 2.95. The van der Waals surface area contributed by atoms with Crippen LogP contribution in [0.4, 0.5) is 0 Å². The molecule has 6 heteroatoms. The maximum Gasteiger partial charge on any atom is 0.264 e. The summed E-state index contributed by atoms with van der Waals surface area (Å²) in [5.41, 5.74) is 0. The van der Waals surface area contributed by atoms with Gasteiger partial charge in [-0.2, -0.15) is 5.10 Å². The number of carbonyl (C=O) groups excluding carboxylic acids is 1. The Labute approximate surface area is 122 Å². The zero-order chi connectivity index (χ0) is 14.7. The van der Waals surface area contributed by atoms with Crippen LogP contribution in [-0.4, -0.2) is 34.4 Å². The van der Waals surface area contributed by atoms with E-state index in [1.165, 1.54) is 0 Å². The predicted octanol–water partition coefficient (Wildman–Crippen LogP) is 1.23. The van der Waals surface area contributed by atoms with Crippen LogP contribution in [0.3, 0.4) is 0 Å². The zero-order valence-corrected chi connectivity index (χ0v) is 11.7. The lowest BCUT2D eigenvalue weighted by atomic mass is 10.2. The number of nitrogens with one attached hydrogen (secondary N) is 1. The molecular formula is C15H17N3O3. The van der Waals surface area contributed by atoms with E-state index in [0.717, 1.165) is 0 Å². The molecule has 0 saturated carbocycles. The first-order chi connectivity index (χ1) is 10.2. The van der Waals surface area contributed by atoms with E-state index in [1.807, 2.05) is 37.4 Å². The summed E-state index contributed by atoms with van der Waals surface area (Å²) < 4.78 is 13.0. The average Bonchev–Trinajstić information content (AvgIpc) is 2.99. The molecule has 0 radical (unpaired) electrons. The fourth-order valence-electron chi connectivity index (χ4n) is 2.22. The highest BCUT2D eigenvalue weighted by molar-refractivity contribution is 5.82. The third-order valence-corrected chi connectivity index (χ3v) is 3.21. The van der Waals surface area contributed by atoms with Gasteiger partial charge in [0, 0.05) is 18.4 Å². The summed E-state index contributed by atoms with van der Waals surface area (Å²) in [5, 5.41) is 7.03. The van der Waals surface area contributed by atoms with Gasteiger partial charge in [-0.05, 0) is 25.1 Å². The molecule has 2 heterocycles. The predicted molar refractivity (Wildman–Crippen MR) is 76.2 cm³/mol. The van der Waals surface area contributed by atoms with Crippen LogP contribution in [0.5, 0.6) is 11.5 Å². The van der Waals surface area contributed by atoms with E-state index in [4.69, 9.17) is 9.47 Å². The van der Waals surface area contributed by atoms with Crippen LogP contribution in [0, 0.1) is 0 Å². The Kier molecular flexibility index (Phi) is 3.77. The second-order valence-electron chi connectivity index (χ2n) is 5.00. The number of hydrogen-bond donors (Lipinski definition) is 1. The minimum atomic E-state index is -0.625. The van der Waals surface area contributed by atoms with Crippen molar-refractivity contribution in [3.8, 4) is 11.5 Å². The molecule has 1 amide bonds. The normalized spacial score (nSPS) is 18.0. The van der Waals surface area contributed by atoms with Gasteiger partial charge in [-0.15, -0.1) is 0 Å². The Bertz CT molecular complexity index is 612. The fraction of sp³-hybridized carbons (Fsp3) is 0.333. The van der Waals surface area contributed by atoms with Crippen LogP contribution < -0.4 is 14.8 Å². The van der Waals surface area contributed by atoms with Crippen LogP contribution in [0.2, 0.25) is 0 Å². The zero-order valence-electron chi connectivity index (χ0n) is 11.7. The molecule has 2 atom stereocenters. The first-order valence-corrected chi connectivity index (χ1v) is 6.88. The average molecular weight is 287 g/mol. The summed E-state index contributed by atoms with van der Waals surface area (Å²) in [6.45, 7) is 2.76. The number of nitrogens with zero attached hydrogens (tertiary/aromatic N) is 2. The lowest BCUT2D eigenvalue weighted by molar-refractivity contribution is -0.131. The van der Waals surface area contributed by atoms with Crippen molar-refractivity contribution < 1.29 is 14.3 Å². The molecule has 0 bridgehead atoms. The van der Waals surface area contributed by atoms with Crippen molar-refractivity contribution >= 4 is 5.91 Å². The second-order valence-corrected chi connectivity index (χ2v) is 5.00. The van der Waals surface area contributed by atoms with E-state index in [2.05, 4.69) is 10.4 Å². The van der Waals surface area contributed by atoms with Gasteiger partial charge in [0.25, 0.3) is 5.91 Å². The Morgan fingerprint density at radius 3 is 3.00 bits per heavy atom. The number of carbonyl (C=O) groups is 1. The van der Waals surface area contributed by atoms with Crippen molar-refractivity contribution in [3.63, 3.8) is 0 Å². The molecular weight excluding hydrogens is 270 g/mol. The SMILES string of the molecule is C[C@H](Cn1cccn1)NC(=O)[C@H]1COc2ccccc2O1. The number of para-hydroxylation sites is 2. The van der Waals surface area contributed by atoms with E-state index < -0.39 is 6.10 Å². The molecule has 0 saturated heterocycles. The van der Waals surface area contributed by atoms with Gasteiger partial charge in [0.05, 0.1) is 6.54 Å². The van der Waals surface area contributed by atoms with Crippen LogP contribution in [0.1, 0.15) is 6.92 Å². The van der Waals surface area contributed by atoms with Gasteiger partial charge < -0.3 is 14.8 Å². The molecule has 3 rings (SSSR count). The van der Waals surface area contributed by atoms with E-state index in [9.17, 15) is 4.79 Å². The lowest BCUT2D eigenvalue weighted by Crippen LogP contribution is -2.47. The molecule has 0 aliphatic carbocycles. The highest BCUT2D eigenvalue weighted by Crippen LogP contribution is 2.30. The smallest absolute Gasteiger partial charge is 0.264 e. The number of hydrogen-bond acceptors (Lipinski definition) is 4. The van der Waals surface area contributed by atoms with Crippen LogP contribution in [0.15, 0.2) is 42.7 Å². The fourth-order valence-corrected chi connectivity index (χ4v) is 2.22. The maximum absolute atomic E-state index is 12.2. The number of fused-ring (bicyclic) bond motifs is 1. The van der Waals surface area contributed by atoms with Gasteiger partial charge in [-0.1, -0.05) is 12.1 Å². The Morgan fingerprint density at radius 2 is 2.24 bits per heavy atom. The van der Waals surface area contributed by atoms with Gasteiger partial charge in [0.2, 0.25) is 6.10 Å². The second kappa shape index (κ2) is 5.87. The number of benzene rings is 1. The molecule has 1 aliphatic heterocycles. The summed E-state index contributed by atoms with van der Waals surface area (Å²) in [5.74, 6) is 1.10. The topological polar surface area (TPSA) is 65.4 Å². The molecule has 1 aromatic heterocycles. The molecule has 110 valence electrons. The quantitative estimate of drug-likeness (QED) is 0.918. The molecule has 0 unspecified atom stereocenters. The minimum Gasteiger partial charge on any atom is -0.485 e. The number of aromatic nitrogens is 2. The Balaban J connectivity index is 1.56.